The topological polar surface area (TPSA) is 32.8 Å². The smallest absolute Gasteiger partial charge is 0.251 e. The third-order valence-electron chi connectivity index (χ3n) is 5.20. The van der Waals surface area contributed by atoms with Gasteiger partial charge in [-0.15, -0.1) is 0 Å². The molecule has 1 aliphatic rings. The van der Waals surface area contributed by atoms with Crippen LogP contribution in [0.3, 0.4) is 0 Å². The Kier molecular flexibility index (Phi) is 6.58. The number of piperazine rings is 1. The van der Waals surface area contributed by atoms with Gasteiger partial charge in [0, 0.05) is 32.2 Å². The van der Waals surface area contributed by atoms with Crippen LogP contribution in [0, 0.1) is 5.82 Å². The molecule has 4 nitrogen and oxygen atoms in total. The highest BCUT2D eigenvalue weighted by atomic mass is 19.1. The summed E-state index contributed by atoms with van der Waals surface area (Å²) in [4.78, 5) is 16.8. The van der Waals surface area contributed by atoms with Crippen molar-refractivity contribution in [3.63, 3.8) is 0 Å². The van der Waals surface area contributed by atoms with Gasteiger partial charge in [0.15, 0.2) is 0 Å². The average Bonchev–Trinajstić information content (AvgIpc) is 2.72. The van der Waals surface area contributed by atoms with Gasteiger partial charge in [0.25, 0.3) is 5.91 Å². The third kappa shape index (κ3) is 5.15. The zero-order valence-electron chi connectivity index (χ0n) is 16.0. The van der Waals surface area contributed by atoms with Crippen LogP contribution < -0.4 is 0 Å². The molecule has 0 aliphatic carbocycles. The summed E-state index contributed by atoms with van der Waals surface area (Å²) in [6.45, 7) is 7.20. The van der Waals surface area contributed by atoms with Crippen molar-refractivity contribution < 1.29 is 13.9 Å². The highest BCUT2D eigenvalue weighted by Crippen LogP contribution is 2.22. The van der Waals surface area contributed by atoms with Gasteiger partial charge in [-0.1, -0.05) is 42.5 Å². The van der Waals surface area contributed by atoms with Crippen LogP contribution in [0.25, 0.3) is 0 Å². The number of ether oxygens (including phenoxy) is 1. The Morgan fingerprint density at radius 3 is 2.41 bits per heavy atom. The number of benzene rings is 2. The lowest BCUT2D eigenvalue weighted by Gasteiger charge is -2.39. The first-order valence-electron chi connectivity index (χ1n) is 9.48. The van der Waals surface area contributed by atoms with Gasteiger partial charge in [-0.25, -0.2) is 4.39 Å². The molecule has 0 N–H and O–H groups in total. The monoisotopic (exact) mass is 370 g/mol. The predicted molar refractivity (Wildman–Crippen MR) is 104 cm³/mol. The molecule has 0 spiro atoms. The maximum atomic E-state index is 13.5. The van der Waals surface area contributed by atoms with Crippen LogP contribution in [0.1, 0.15) is 31.0 Å². The van der Waals surface area contributed by atoms with Crippen molar-refractivity contribution in [3.8, 4) is 0 Å². The van der Waals surface area contributed by atoms with Gasteiger partial charge in [-0.05, 0) is 37.1 Å². The molecule has 2 atom stereocenters. The SMILES string of the molecule is C[C@H](c1cccc(F)c1)N1CCN(C(=O)[C@@H](C)OCc2ccccc2)CC1. The zero-order valence-corrected chi connectivity index (χ0v) is 16.0. The minimum absolute atomic E-state index is 0.0315. The van der Waals surface area contributed by atoms with E-state index in [-0.39, 0.29) is 17.8 Å². The predicted octanol–water partition coefficient (Wildman–Crippen LogP) is 3.64. The van der Waals surface area contributed by atoms with Crippen molar-refractivity contribution in [2.24, 2.45) is 0 Å². The van der Waals surface area contributed by atoms with Crippen molar-refractivity contribution in [2.75, 3.05) is 26.2 Å². The fourth-order valence-electron chi connectivity index (χ4n) is 3.43. The summed E-state index contributed by atoms with van der Waals surface area (Å²) in [5, 5.41) is 0. The van der Waals surface area contributed by atoms with E-state index in [2.05, 4.69) is 11.8 Å². The van der Waals surface area contributed by atoms with E-state index in [4.69, 9.17) is 4.74 Å². The van der Waals surface area contributed by atoms with Crippen LogP contribution in [0.2, 0.25) is 0 Å². The molecule has 0 radical (unpaired) electrons. The summed E-state index contributed by atoms with van der Waals surface area (Å²) < 4.78 is 19.2. The molecule has 3 rings (SSSR count). The Morgan fingerprint density at radius 1 is 1.04 bits per heavy atom. The van der Waals surface area contributed by atoms with Gasteiger partial charge in [-0.2, -0.15) is 0 Å². The largest absolute Gasteiger partial charge is 0.364 e. The van der Waals surface area contributed by atoms with Crippen molar-refractivity contribution in [3.05, 3.63) is 71.5 Å². The van der Waals surface area contributed by atoms with Gasteiger partial charge in [0.2, 0.25) is 0 Å². The lowest BCUT2D eigenvalue weighted by Crippen LogP contribution is -2.51. The molecular formula is C22H27FN2O2. The quantitative estimate of drug-likeness (QED) is 0.778. The summed E-state index contributed by atoms with van der Waals surface area (Å²) in [7, 11) is 0. The van der Waals surface area contributed by atoms with Crippen molar-refractivity contribution in [1.29, 1.82) is 0 Å². The number of amides is 1. The summed E-state index contributed by atoms with van der Waals surface area (Å²) in [6.07, 6.45) is -0.461. The van der Waals surface area contributed by atoms with Gasteiger partial charge in [-0.3, -0.25) is 9.69 Å². The van der Waals surface area contributed by atoms with Crippen molar-refractivity contribution in [2.45, 2.75) is 32.6 Å². The second-order valence-electron chi connectivity index (χ2n) is 7.03. The average molecular weight is 370 g/mol. The van der Waals surface area contributed by atoms with E-state index in [0.717, 1.165) is 24.2 Å². The zero-order chi connectivity index (χ0) is 19.2. The lowest BCUT2D eigenvalue weighted by atomic mass is 10.1. The minimum Gasteiger partial charge on any atom is -0.364 e. The normalized spacial score (nSPS) is 17.5. The van der Waals surface area contributed by atoms with E-state index < -0.39 is 6.10 Å². The minimum atomic E-state index is -0.461. The standard InChI is InChI=1S/C22H27FN2O2/c1-17(20-9-6-10-21(23)15-20)24-11-13-25(14-12-24)22(26)18(2)27-16-19-7-4-3-5-8-19/h3-10,15,17-18H,11-14,16H2,1-2H3/t17-,18-/m1/s1. The summed E-state index contributed by atoms with van der Waals surface area (Å²) >= 11 is 0. The molecule has 144 valence electrons. The molecule has 2 aromatic carbocycles. The molecule has 2 aromatic rings. The molecule has 0 aromatic heterocycles. The number of nitrogens with zero attached hydrogens (tertiary/aromatic N) is 2. The fourth-order valence-corrected chi connectivity index (χ4v) is 3.43. The Labute approximate surface area is 160 Å². The second kappa shape index (κ2) is 9.11. The van der Waals surface area contributed by atoms with Crippen molar-refractivity contribution in [1.82, 2.24) is 9.80 Å². The maximum absolute atomic E-state index is 13.5. The number of hydrogen-bond acceptors (Lipinski definition) is 3. The van der Waals surface area contributed by atoms with E-state index in [1.54, 1.807) is 12.1 Å². The number of carbonyl (C=O) groups excluding carboxylic acids is 1. The molecule has 1 fully saturated rings. The first kappa shape index (κ1) is 19.5. The van der Waals surface area contributed by atoms with Gasteiger partial charge >= 0.3 is 0 Å². The highest BCUT2D eigenvalue weighted by Gasteiger charge is 2.27. The van der Waals surface area contributed by atoms with E-state index in [9.17, 15) is 9.18 Å². The highest BCUT2D eigenvalue weighted by molar-refractivity contribution is 5.80. The van der Waals surface area contributed by atoms with Crippen LogP contribution >= 0.6 is 0 Å². The van der Waals surface area contributed by atoms with Crippen LogP contribution in [0.5, 0.6) is 0 Å². The number of carbonyl (C=O) groups is 1. The molecule has 27 heavy (non-hydrogen) atoms. The Balaban J connectivity index is 1.48. The van der Waals surface area contributed by atoms with E-state index in [0.29, 0.717) is 19.7 Å². The molecule has 0 unspecified atom stereocenters. The van der Waals surface area contributed by atoms with Gasteiger partial charge in [0.1, 0.15) is 11.9 Å². The summed E-state index contributed by atoms with van der Waals surface area (Å²) in [5.74, 6) is -0.179. The van der Waals surface area contributed by atoms with Crippen LogP contribution in [-0.2, 0) is 16.1 Å². The van der Waals surface area contributed by atoms with Crippen LogP contribution in [0.15, 0.2) is 54.6 Å². The Bertz CT molecular complexity index is 745. The molecule has 0 saturated carbocycles. The van der Waals surface area contributed by atoms with Gasteiger partial charge < -0.3 is 9.64 Å². The lowest BCUT2D eigenvalue weighted by molar-refractivity contribution is -0.145. The number of rotatable bonds is 6. The third-order valence-corrected chi connectivity index (χ3v) is 5.20. The summed E-state index contributed by atoms with van der Waals surface area (Å²) in [5.41, 5.74) is 2.03. The first-order chi connectivity index (χ1) is 13.0. The Hall–Kier alpha value is -2.24. The molecule has 5 heteroatoms. The fraction of sp³-hybridized carbons (Fsp3) is 0.409. The van der Waals surface area contributed by atoms with E-state index >= 15 is 0 Å². The first-order valence-corrected chi connectivity index (χ1v) is 9.48. The molecule has 1 saturated heterocycles. The van der Waals surface area contributed by atoms with E-state index in [1.807, 2.05) is 48.2 Å². The summed E-state index contributed by atoms with van der Waals surface area (Å²) in [6, 6.07) is 16.7. The molecule has 1 aliphatic heterocycles. The van der Waals surface area contributed by atoms with Gasteiger partial charge in [0.05, 0.1) is 6.61 Å². The molecular weight excluding hydrogens is 343 g/mol. The molecule has 1 heterocycles. The van der Waals surface area contributed by atoms with Crippen LogP contribution in [-0.4, -0.2) is 48.0 Å². The number of halogens is 1. The second-order valence-corrected chi connectivity index (χ2v) is 7.03. The molecule has 0 bridgehead atoms. The molecule has 1 amide bonds. The maximum Gasteiger partial charge on any atom is 0.251 e. The Morgan fingerprint density at radius 2 is 1.74 bits per heavy atom. The van der Waals surface area contributed by atoms with E-state index in [1.165, 1.54) is 6.07 Å². The van der Waals surface area contributed by atoms with Crippen LogP contribution in [0.4, 0.5) is 4.39 Å². The number of hydrogen-bond donors (Lipinski definition) is 0. The van der Waals surface area contributed by atoms with Crippen molar-refractivity contribution >= 4 is 5.91 Å².